The Kier molecular flexibility index (Phi) is 3.72. The highest BCUT2D eigenvalue weighted by molar-refractivity contribution is 5.94. The number of nitrogen functional groups attached to an aromatic ring is 1. The zero-order valence-electron chi connectivity index (χ0n) is 10.3. The molecule has 98 valence electrons. The van der Waals surface area contributed by atoms with Crippen LogP contribution in [0.3, 0.4) is 0 Å². The van der Waals surface area contributed by atoms with Crippen LogP contribution in [0.1, 0.15) is 23.7 Å². The number of carboxylic acids is 1. The first kappa shape index (κ1) is 12.7. The Bertz CT molecular complexity index is 442. The number of aromatic carboxylic acids is 1. The Hall–Kier alpha value is -1.75. The van der Waals surface area contributed by atoms with Crippen molar-refractivity contribution in [2.75, 3.05) is 24.3 Å². The predicted molar refractivity (Wildman–Crippen MR) is 69.8 cm³/mol. The standard InChI is InChI=1S/C13H18N2O3/c1-8(9-4-5-18-7-9)15-10-2-3-11(13(16)17)12(14)6-10/h2-3,6,8-9,15H,4-5,7,14H2,1H3,(H,16,17). The van der Waals surface area contributed by atoms with Gasteiger partial charge >= 0.3 is 5.97 Å². The van der Waals surface area contributed by atoms with Crippen molar-refractivity contribution >= 4 is 17.3 Å². The molecule has 2 rings (SSSR count). The molecule has 4 N–H and O–H groups in total. The summed E-state index contributed by atoms with van der Waals surface area (Å²) in [4.78, 5) is 10.8. The van der Waals surface area contributed by atoms with Gasteiger partial charge < -0.3 is 20.9 Å². The molecule has 18 heavy (non-hydrogen) atoms. The van der Waals surface area contributed by atoms with Gasteiger partial charge in [-0.15, -0.1) is 0 Å². The molecule has 0 bridgehead atoms. The van der Waals surface area contributed by atoms with Crippen molar-refractivity contribution in [1.29, 1.82) is 0 Å². The van der Waals surface area contributed by atoms with Crippen LogP contribution in [0.2, 0.25) is 0 Å². The molecule has 2 unspecified atom stereocenters. The monoisotopic (exact) mass is 250 g/mol. The Morgan fingerprint density at radius 3 is 2.94 bits per heavy atom. The van der Waals surface area contributed by atoms with E-state index in [4.69, 9.17) is 15.6 Å². The summed E-state index contributed by atoms with van der Waals surface area (Å²) in [7, 11) is 0. The second kappa shape index (κ2) is 5.27. The lowest BCUT2D eigenvalue weighted by Gasteiger charge is -2.20. The first-order valence-corrected chi connectivity index (χ1v) is 6.05. The van der Waals surface area contributed by atoms with Gasteiger partial charge in [-0.1, -0.05) is 0 Å². The fourth-order valence-electron chi connectivity index (χ4n) is 2.18. The van der Waals surface area contributed by atoms with E-state index in [-0.39, 0.29) is 17.3 Å². The lowest BCUT2D eigenvalue weighted by Crippen LogP contribution is -2.26. The number of rotatable bonds is 4. The summed E-state index contributed by atoms with van der Waals surface area (Å²) in [5, 5.41) is 12.2. The molecule has 0 aromatic heterocycles. The number of nitrogens with two attached hydrogens (primary N) is 1. The van der Waals surface area contributed by atoms with Crippen LogP contribution in [0, 0.1) is 5.92 Å². The highest BCUT2D eigenvalue weighted by Crippen LogP contribution is 2.23. The number of carboxylic acid groups (broad SMARTS) is 1. The SMILES string of the molecule is CC(Nc1ccc(C(=O)O)c(N)c1)C1CCOC1. The molecular formula is C13H18N2O3. The van der Waals surface area contributed by atoms with Crippen LogP contribution in [0.5, 0.6) is 0 Å². The number of hydrogen-bond acceptors (Lipinski definition) is 4. The van der Waals surface area contributed by atoms with Gasteiger partial charge in [0.05, 0.1) is 12.2 Å². The van der Waals surface area contributed by atoms with Gasteiger partial charge in [0.2, 0.25) is 0 Å². The summed E-state index contributed by atoms with van der Waals surface area (Å²) < 4.78 is 5.35. The average molecular weight is 250 g/mol. The molecule has 1 fully saturated rings. The zero-order valence-corrected chi connectivity index (χ0v) is 10.3. The first-order valence-electron chi connectivity index (χ1n) is 6.05. The van der Waals surface area contributed by atoms with Crippen LogP contribution in [-0.2, 0) is 4.74 Å². The Labute approximate surface area is 106 Å². The third kappa shape index (κ3) is 2.73. The summed E-state index contributed by atoms with van der Waals surface area (Å²) in [5.41, 5.74) is 6.97. The molecule has 1 heterocycles. The molecule has 1 aliphatic heterocycles. The zero-order chi connectivity index (χ0) is 13.1. The van der Waals surface area contributed by atoms with Gasteiger partial charge in [-0.2, -0.15) is 0 Å². The third-order valence-electron chi connectivity index (χ3n) is 3.35. The Morgan fingerprint density at radius 2 is 2.39 bits per heavy atom. The third-order valence-corrected chi connectivity index (χ3v) is 3.35. The maximum absolute atomic E-state index is 10.8. The fourth-order valence-corrected chi connectivity index (χ4v) is 2.18. The second-order valence-electron chi connectivity index (χ2n) is 4.66. The minimum atomic E-state index is -1.00. The van der Waals surface area contributed by atoms with E-state index in [0.717, 1.165) is 25.3 Å². The molecule has 5 nitrogen and oxygen atoms in total. The molecular weight excluding hydrogens is 232 g/mol. The minimum absolute atomic E-state index is 0.136. The lowest BCUT2D eigenvalue weighted by atomic mass is 10.0. The summed E-state index contributed by atoms with van der Waals surface area (Å²) in [5.74, 6) is -0.512. The van der Waals surface area contributed by atoms with Gasteiger partial charge in [0.1, 0.15) is 0 Å². The van der Waals surface area contributed by atoms with E-state index in [0.29, 0.717) is 5.92 Å². The van der Waals surface area contributed by atoms with Crippen LogP contribution in [0.15, 0.2) is 18.2 Å². The maximum atomic E-state index is 10.8. The summed E-state index contributed by atoms with van der Waals surface area (Å²) >= 11 is 0. The lowest BCUT2D eigenvalue weighted by molar-refractivity contribution is 0.0698. The van der Waals surface area contributed by atoms with Crippen LogP contribution >= 0.6 is 0 Å². The molecule has 1 saturated heterocycles. The quantitative estimate of drug-likeness (QED) is 0.710. The molecule has 1 aromatic rings. The predicted octanol–water partition coefficient (Wildman–Crippen LogP) is 1.80. The molecule has 0 spiro atoms. The van der Waals surface area contributed by atoms with E-state index in [2.05, 4.69) is 12.2 Å². The van der Waals surface area contributed by atoms with Crippen molar-refractivity contribution in [1.82, 2.24) is 0 Å². The van der Waals surface area contributed by atoms with E-state index in [9.17, 15) is 4.79 Å². The van der Waals surface area contributed by atoms with Gasteiger partial charge in [0, 0.05) is 29.9 Å². The van der Waals surface area contributed by atoms with Crippen molar-refractivity contribution in [3.63, 3.8) is 0 Å². The van der Waals surface area contributed by atoms with Crippen molar-refractivity contribution in [3.8, 4) is 0 Å². The molecule has 0 aliphatic carbocycles. The topological polar surface area (TPSA) is 84.6 Å². The average Bonchev–Trinajstić information content (AvgIpc) is 2.81. The highest BCUT2D eigenvalue weighted by Gasteiger charge is 2.22. The largest absolute Gasteiger partial charge is 0.478 e. The van der Waals surface area contributed by atoms with Gasteiger partial charge in [-0.25, -0.2) is 4.79 Å². The van der Waals surface area contributed by atoms with E-state index < -0.39 is 5.97 Å². The summed E-state index contributed by atoms with van der Waals surface area (Å²) in [6, 6.07) is 5.21. The van der Waals surface area contributed by atoms with Gasteiger partial charge in [0.25, 0.3) is 0 Å². The fraction of sp³-hybridized carbons (Fsp3) is 0.462. The summed E-state index contributed by atoms with van der Waals surface area (Å²) in [6.45, 7) is 3.69. The number of nitrogens with one attached hydrogen (secondary N) is 1. The van der Waals surface area contributed by atoms with E-state index >= 15 is 0 Å². The Balaban J connectivity index is 2.05. The molecule has 0 saturated carbocycles. The minimum Gasteiger partial charge on any atom is -0.478 e. The summed E-state index contributed by atoms with van der Waals surface area (Å²) in [6.07, 6.45) is 1.05. The molecule has 1 aliphatic rings. The molecule has 1 aromatic carbocycles. The molecule has 0 radical (unpaired) electrons. The van der Waals surface area contributed by atoms with Crippen molar-refractivity contribution in [2.45, 2.75) is 19.4 Å². The van der Waals surface area contributed by atoms with Crippen LogP contribution < -0.4 is 11.1 Å². The number of ether oxygens (including phenoxy) is 1. The number of hydrogen-bond donors (Lipinski definition) is 3. The molecule has 2 atom stereocenters. The van der Waals surface area contributed by atoms with Crippen molar-refractivity contribution in [3.05, 3.63) is 23.8 Å². The second-order valence-corrected chi connectivity index (χ2v) is 4.66. The van der Waals surface area contributed by atoms with Gasteiger partial charge in [-0.05, 0) is 31.5 Å². The maximum Gasteiger partial charge on any atom is 0.337 e. The van der Waals surface area contributed by atoms with Gasteiger partial charge in [0.15, 0.2) is 0 Å². The number of benzene rings is 1. The number of anilines is 2. The Morgan fingerprint density at radius 1 is 1.61 bits per heavy atom. The van der Waals surface area contributed by atoms with Crippen LogP contribution in [0.4, 0.5) is 11.4 Å². The van der Waals surface area contributed by atoms with Crippen LogP contribution in [-0.4, -0.2) is 30.3 Å². The number of carbonyl (C=O) groups is 1. The van der Waals surface area contributed by atoms with Crippen molar-refractivity contribution in [2.24, 2.45) is 5.92 Å². The van der Waals surface area contributed by atoms with E-state index in [1.807, 2.05) is 0 Å². The van der Waals surface area contributed by atoms with Crippen LogP contribution in [0.25, 0.3) is 0 Å². The molecule has 0 amide bonds. The molecule has 5 heteroatoms. The normalized spacial score (nSPS) is 20.6. The van der Waals surface area contributed by atoms with Crippen molar-refractivity contribution < 1.29 is 14.6 Å². The van der Waals surface area contributed by atoms with E-state index in [1.54, 1.807) is 12.1 Å². The highest BCUT2D eigenvalue weighted by atomic mass is 16.5. The van der Waals surface area contributed by atoms with Gasteiger partial charge in [-0.3, -0.25) is 0 Å². The smallest absolute Gasteiger partial charge is 0.337 e. The first-order chi connectivity index (χ1) is 8.58. The van der Waals surface area contributed by atoms with E-state index in [1.165, 1.54) is 6.07 Å².